The number of hydrogen-bond acceptors (Lipinski definition) is 8. The number of benzene rings is 2. The summed E-state index contributed by atoms with van der Waals surface area (Å²) in [4.78, 5) is 21.3. The van der Waals surface area contributed by atoms with E-state index >= 15 is 0 Å². The SMILES string of the molecule is NC(=O)c1cccc2c(-c3nc4c(c(NCc5cccc(B(O)O)c5)n3)CCCN4)n[nH]c12. The number of nitrogens with one attached hydrogen (secondary N) is 3. The minimum atomic E-state index is -1.52. The number of aromatic amines is 1. The lowest BCUT2D eigenvalue weighted by molar-refractivity contribution is 0.100. The van der Waals surface area contributed by atoms with E-state index in [9.17, 15) is 14.8 Å². The number of primary amides is 1. The van der Waals surface area contributed by atoms with Crippen LogP contribution in [0.2, 0.25) is 0 Å². The van der Waals surface area contributed by atoms with Crippen molar-refractivity contribution in [3.8, 4) is 11.5 Å². The van der Waals surface area contributed by atoms with Gasteiger partial charge in [0, 0.05) is 24.0 Å². The van der Waals surface area contributed by atoms with Gasteiger partial charge in [0.05, 0.1) is 11.1 Å². The third-order valence-electron chi connectivity index (χ3n) is 5.69. The van der Waals surface area contributed by atoms with Crippen LogP contribution in [0.4, 0.5) is 11.6 Å². The van der Waals surface area contributed by atoms with E-state index in [4.69, 9.17) is 15.7 Å². The third-order valence-corrected chi connectivity index (χ3v) is 5.69. The molecule has 0 bridgehead atoms. The van der Waals surface area contributed by atoms with E-state index in [-0.39, 0.29) is 0 Å². The molecule has 1 amide bonds. The summed E-state index contributed by atoms with van der Waals surface area (Å²) < 4.78 is 0. The number of fused-ring (bicyclic) bond motifs is 2. The highest BCUT2D eigenvalue weighted by atomic mass is 16.4. The van der Waals surface area contributed by atoms with Crippen LogP contribution in [-0.2, 0) is 13.0 Å². The lowest BCUT2D eigenvalue weighted by Gasteiger charge is -2.21. The Hall–Kier alpha value is -3.96. The Balaban J connectivity index is 1.54. The first kappa shape index (κ1) is 20.9. The van der Waals surface area contributed by atoms with E-state index in [0.717, 1.165) is 36.3 Å². The number of carbonyl (C=O) groups excluding carboxylic acids is 1. The number of anilines is 2. The van der Waals surface area contributed by atoms with Crippen LogP contribution in [0.15, 0.2) is 42.5 Å². The Kier molecular flexibility index (Phi) is 5.41. The summed E-state index contributed by atoms with van der Waals surface area (Å²) in [7, 11) is -1.52. The Labute approximate surface area is 189 Å². The van der Waals surface area contributed by atoms with Gasteiger partial charge >= 0.3 is 7.12 Å². The van der Waals surface area contributed by atoms with Crippen LogP contribution in [-0.4, -0.2) is 49.8 Å². The fraction of sp³-hybridized carbons (Fsp3) is 0.182. The maximum atomic E-state index is 11.8. The van der Waals surface area contributed by atoms with Crippen molar-refractivity contribution in [3.05, 3.63) is 59.2 Å². The molecule has 10 nitrogen and oxygen atoms in total. The summed E-state index contributed by atoms with van der Waals surface area (Å²) >= 11 is 0. The van der Waals surface area contributed by atoms with Gasteiger partial charge in [0.2, 0.25) is 0 Å². The predicted octanol–water partition coefficient (Wildman–Crippen LogP) is 0.769. The number of H-pyrrole nitrogens is 1. The highest BCUT2D eigenvalue weighted by Gasteiger charge is 2.22. The zero-order chi connectivity index (χ0) is 22.9. The highest BCUT2D eigenvalue weighted by Crippen LogP contribution is 2.32. The van der Waals surface area contributed by atoms with Crippen LogP contribution in [0.1, 0.15) is 27.9 Å². The quantitative estimate of drug-likeness (QED) is 0.238. The molecule has 5 rings (SSSR count). The highest BCUT2D eigenvalue weighted by molar-refractivity contribution is 6.58. The molecule has 4 aromatic rings. The number of amides is 1. The molecule has 1 aliphatic heterocycles. The van der Waals surface area contributed by atoms with Gasteiger partial charge in [-0.15, -0.1) is 0 Å². The van der Waals surface area contributed by atoms with E-state index in [1.807, 2.05) is 12.1 Å². The number of nitrogens with zero attached hydrogens (tertiary/aromatic N) is 3. The van der Waals surface area contributed by atoms with Gasteiger partial charge in [0.25, 0.3) is 5.91 Å². The molecule has 0 saturated carbocycles. The first-order chi connectivity index (χ1) is 16.0. The second-order valence-corrected chi connectivity index (χ2v) is 7.89. The summed E-state index contributed by atoms with van der Waals surface area (Å²) in [6.07, 6.45) is 1.79. The van der Waals surface area contributed by atoms with Gasteiger partial charge in [-0.05, 0) is 29.9 Å². The van der Waals surface area contributed by atoms with Gasteiger partial charge < -0.3 is 26.4 Å². The zero-order valence-electron chi connectivity index (χ0n) is 17.7. The molecule has 33 heavy (non-hydrogen) atoms. The molecule has 0 aliphatic carbocycles. The van der Waals surface area contributed by atoms with Gasteiger partial charge in [-0.1, -0.05) is 36.4 Å². The number of nitrogens with two attached hydrogens (primary N) is 1. The van der Waals surface area contributed by atoms with Crippen molar-refractivity contribution in [2.24, 2.45) is 5.73 Å². The molecule has 11 heteroatoms. The van der Waals surface area contributed by atoms with E-state index in [2.05, 4.69) is 20.8 Å². The summed E-state index contributed by atoms with van der Waals surface area (Å²) in [5.41, 5.74) is 9.22. The van der Waals surface area contributed by atoms with Crippen LogP contribution in [0.25, 0.3) is 22.4 Å². The molecule has 0 spiro atoms. The van der Waals surface area contributed by atoms with Gasteiger partial charge in [0.1, 0.15) is 17.3 Å². The zero-order valence-corrected chi connectivity index (χ0v) is 17.7. The van der Waals surface area contributed by atoms with Gasteiger partial charge in [-0.3, -0.25) is 9.89 Å². The second kappa shape index (κ2) is 8.53. The molecule has 0 radical (unpaired) electrons. The minimum absolute atomic E-state index is 0.353. The maximum absolute atomic E-state index is 11.8. The number of carbonyl (C=O) groups is 1. The molecule has 2 aromatic carbocycles. The van der Waals surface area contributed by atoms with Crippen molar-refractivity contribution < 1.29 is 14.8 Å². The molecular weight excluding hydrogens is 421 g/mol. The maximum Gasteiger partial charge on any atom is 0.488 e. The Morgan fingerprint density at radius 1 is 1.18 bits per heavy atom. The monoisotopic (exact) mass is 443 g/mol. The molecule has 0 atom stereocenters. The number of aromatic nitrogens is 4. The van der Waals surface area contributed by atoms with Crippen LogP contribution < -0.4 is 21.8 Å². The number of hydrogen-bond donors (Lipinski definition) is 6. The van der Waals surface area contributed by atoms with Crippen LogP contribution >= 0.6 is 0 Å². The van der Waals surface area contributed by atoms with Crippen LogP contribution in [0.3, 0.4) is 0 Å². The van der Waals surface area contributed by atoms with Gasteiger partial charge in [-0.2, -0.15) is 5.10 Å². The molecule has 0 unspecified atom stereocenters. The van der Waals surface area contributed by atoms with Crippen molar-refractivity contribution in [2.75, 3.05) is 17.2 Å². The topological polar surface area (TPSA) is 162 Å². The standard InChI is InChI=1S/C22H22BN7O3/c24-19(31)15-7-2-6-14-17(15)29-30-18(14)22-27-20-16(8-3-9-25-20)21(28-22)26-11-12-4-1-5-13(10-12)23(32)33/h1-2,4-7,10,32-33H,3,8-9,11H2,(H2,24,31)(H,29,30)(H2,25,26,27,28). The molecular formula is C22H22BN7O3. The molecule has 7 N–H and O–H groups in total. The predicted molar refractivity (Wildman–Crippen MR) is 126 cm³/mol. The Morgan fingerprint density at radius 2 is 2.03 bits per heavy atom. The average molecular weight is 443 g/mol. The summed E-state index contributed by atoms with van der Waals surface area (Å²) in [6.45, 7) is 1.25. The van der Waals surface area contributed by atoms with Crippen molar-refractivity contribution in [3.63, 3.8) is 0 Å². The molecule has 0 saturated heterocycles. The summed E-state index contributed by atoms with van der Waals surface area (Å²) in [6, 6.07) is 12.3. The molecule has 3 heterocycles. The fourth-order valence-electron chi connectivity index (χ4n) is 4.06. The molecule has 1 aliphatic rings. The fourth-order valence-corrected chi connectivity index (χ4v) is 4.06. The lowest BCUT2D eigenvalue weighted by Crippen LogP contribution is -2.30. The van der Waals surface area contributed by atoms with Gasteiger partial charge in [0.15, 0.2) is 5.82 Å². The minimum Gasteiger partial charge on any atom is -0.423 e. The van der Waals surface area contributed by atoms with Crippen LogP contribution in [0, 0.1) is 0 Å². The van der Waals surface area contributed by atoms with Crippen molar-refractivity contribution in [2.45, 2.75) is 19.4 Å². The van der Waals surface area contributed by atoms with Crippen molar-refractivity contribution >= 4 is 41.0 Å². The average Bonchev–Trinajstić information content (AvgIpc) is 3.26. The lowest BCUT2D eigenvalue weighted by atomic mass is 9.79. The van der Waals surface area contributed by atoms with Crippen molar-refractivity contribution in [1.29, 1.82) is 0 Å². The summed E-state index contributed by atoms with van der Waals surface area (Å²) in [5.74, 6) is 1.30. The van der Waals surface area contributed by atoms with E-state index in [1.165, 1.54) is 0 Å². The van der Waals surface area contributed by atoms with E-state index in [0.29, 0.717) is 45.8 Å². The molecule has 2 aromatic heterocycles. The number of para-hydroxylation sites is 1. The normalized spacial score (nSPS) is 12.8. The Morgan fingerprint density at radius 3 is 2.85 bits per heavy atom. The molecule has 0 fully saturated rings. The first-order valence-electron chi connectivity index (χ1n) is 10.6. The second-order valence-electron chi connectivity index (χ2n) is 7.89. The van der Waals surface area contributed by atoms with E-state index < -0.39 is 13.0 Å². The smallest absolute Gasteiger partial charge is 0.423 e. The molecule has 166 valence electrons. The largest absolute Gasteiger partial charge is 0.488 e. The van der Waals surface area contributed by atoms with Gasteiger partial charge in [-0.25, -0.2) is 9.97 Å². The number of rotatable bonds is 6. The van der Waals surface area contributed by atoms with E-state index in [1.54, 1.807) is 30.3 Å². The Bertz CT molecular complexity index is 1360. The third kappa shape index (κ3) is 3.99. The van der Waals surface area contributed by atoms with Crippen molar-refractivity contribution in [1.82, 2.24) is 20.2 Å². The first-order valence-corrected chi connectivity index (χ1v) is 10.6. The van der Waals surface area contributed by atoms with Crippen LogP contribution in [0.5, 0.6) is 0 Å². The summed E-state index contributed by atoms with van der Waals surface area (Å²) in [5, 5.41) is 33.6.